The Morgan fingerprint density at radius 2 is 2.19 bits per heavy atom. The van der Waals surface area contributed by atoms with Gasteiger partial charge in [-0.25, -0.2) is 15.0 Å². The van der Waals surface area contributed by atoms with Crippen LogP contribution in [0.2, 0.25) is 0 Å². The molecule has 0 aliphatic rings. The highest BCUT2D eigenvalue weighted by Gasteiger charge is 2.09. The summed E-state index contributed by atoms with van der Waals surface area (Å²) >= 11 is 2.00. The van der Waals surface area contributed by atoms with Crippen LogP contribution in [0.15, 0.2) is 41.8 Å². The lowest BCUT2D eigenvalue weighted by Gasteiger charge is -2.07. The molecular weight excluding hydrogens is 381 g/mol. The van der Waals surface area contributed by atoms with E-state index in [-0.39, 0.29) is 0 Å². The highest BCUT2D eigenvalue weighted by Crippen LogP contribution is 2.32. The van der Waals surface area contributed by atoms with Crippen LogP contribution in [0.5, 0.6) is 0 Å². The molecule has 2 aromatic heterocycles. The summed E-state index contributed by atoms with van der Waals surface area (Å²) < 4.78 is 4.67. The van der Waals surface area contributed by atoms with Crippen molar-refractivity contribution in [3.05, 3.63) is 36.7 Å². The fraction of sp³-hybridized carbons (Fsp3) is 0.0769. The number of nitrogens with one attached hydrogen (secondary N) is 3. The van der Waals surface area contributed by atoms with E-state index in [0.29, 0.717) is 11.6 Å². The molecule has 0 saturated heterocycles. The van der Waals surface area contributed by atoms with E-state index in [1.165, 1.54) is 0 Å². The second-order valence-corrected chi connectivity index (χ2v) is 4.87. The zero-order valence-electron chi connectivity index (χ0n) is 11.1. The fourth-order valence-electron chi connectivity index (χ4n) is 2.19. The highest BCUT2D eigenvalue weighted by atomic mass is 127. The Hall–Kier alpha value is -2.23. The summed E-state index contributed by atoms with van der Waals surface area (Å²) in [6.07, 6.45) is 3.68. The maximum Gasteiger partial charge on any atom is 0.249 e. The first-order chi connectivity index (χ1) is 10.3. The Labute approximate surface area is 134 Å². The first-order valence-corrected chi connectivity index (χ1v) is 7.25. The number of hydrogen-bond donors (Lipinski definition) is 3. The number of anilines is 2. The largest absolute Gasteiger partial charge is 0.386 e. The monoisotopic (exact) mass is 393 g/mol. The smallest absolute Gasteiger partial charge is 0.249 e. The molecule has 3 rings (SSSR count). The van der Waals surface area contributed by atoms with Crippen molar-refractivity contribution in [2.24, 2.45) is 5.11 Å². The van der Waals surface area contributed by atoms with Crippen LogP contribution in [0.25, 0.3) is 16.6 Å². The molecule has 8 heteroatoms. The van der Waals surface area contributed by atoms with Crippen LogP contribution in [0.1, 0.15) is 0 Å². The SMILES string of the molecule is CNc1cc(-c2ccn3nc(NI)ncc23)ccc1N=N. The molecular formula is C13H12IN7. The number of nitrogens with zero attached hydrogens (tertiary/aromatic N) is 4. The topological polar surface area (TPSA) is 90.5 Å². The van der Waals surface area contributed by atoms with Crippen LogP contribution in [-0.4, -0.2) is 21.6 Å². The number of benzene rings is 1. The van der Waals surface area contributed by atoms with Gasteiger partial charge in [-0.3, -0.25) is 3.53 Å². The van der Waals surface area contributed by atoms with Crippen LogP contribution >= 0.6 is 22.9 Å². The average Bonchev–Trinajstić information content (AvgIpc) is 2.97. The molecule has 0 atom stereocenters. The molecule has 0 spiro atoms. The molecule has 106 valence electrons. The van der Waals surface area contributed by atoms with E-state index in [4.69, 9.17) is 5.53 Å². The summed E-state index contributed by atoms with van der Waals surface area (Å²) in [7, 11) is 1.81. The molecule has 3 aromatic rings. The Morgan fingerprint density at radius 1 is 1.33 bits per heavy atom. The third-order valence-corrected chi connectivity index (χ3v) is 3.68. The van der Waals surface area contributed by atoms with Crippen molar-refractivity contribution in [2.45, 2.75) is 0 Å². The van der Waals surface area contributed by atoms with E-state index in [0.717, 1.165) is 22.3 Å². The zero-order chi connectivity index (χ0) is 14.8. The predicted octanol–water partition coefficient (Wildman–Crippen LogP) is 3.86. The van der Waals surface area contributed by atoms with Gasteiger partial charge in [-0.1, -0.05) is 6.07 Å². The predicted molar refractivity (Wildman–Crippen MR) is 90.4 cm³/mol. The molecule has 0 amide bonds. The molecule has 0 unspecified atom stereocenters. The number of rotatable bonds is 4. The molecule has 3 N–H and O–H groups in total. The third-order valence-electron chi connectivity index (χ3n) is 3.20. The van der Waals surface area contributed by atoms with Gasteiger partial charge >= 0.3 is 0 Å². The van der Waals surface area contributed by atoms with Crippen molar-refractivity contribution in [3.8, 4) is 11.1 Å². The zero-order valence-corrected chi connectivity index (χ0v) is 13.3. The summed E-state index contributed by atoms with van der Waals surface area (Å²) in [5.74, 6) is 0.560. The average molecular weight is 393 g/mol. The van der Waals surface area contributed by atoms with Gasteiger partial charge in [0.15, 0.2) is 0 Å². The second kappa shape index (κ2) is 5.64. The van der Waals surface area contributed by atoms with E-state index >= 15 is 0 Å². The molecule has 0 aliphatic heterocycles. The molecule has 0 bridgehead atoms. The van der Waals surface area contributed by atoms with Gasteiger partial charge in [0.25, 0.3) is 0 Å². The quantitative estimate of drug-likeness (QED) is 0.357. The lowest BCUT2D eigenvalue weighted by Crippen LogP contribution is -1.97. The number of hydrogen-bond acceptors (Lipinski definition) is 6. The normalized spacial score (nSPS) is 10.6. The van der Waals surface area contributed by atoms with Gasteiger partial charge in [-0.2, -0.15) is 5.11 Å². The van der Waals surface area contributed by atoms with Crippen LogP contribution in [-0.2, 0) is 0 Å². The van der Waals surface area contributed by atoms with E-state index in [1.807, 2.05) is 60.4 Å². The second-order valence-electron chi connectivity index (χ2n) is 4.33. The summed E-state index contributed by atoms with van der Waals surface area (Å²) in [6.45, 7) is 0. The molecule has 2 heterocycles. The maximum absolute atomic E-state index is 7.16. The highest BCUT2D eigenvalue weighted by molar-refractivity contribution is 14.1. The van der Waals surface area contributed by atoms with Gasteiger partial charge in [-0.15, -0.1) is 5.10 Å². The van der Waals surface area contributed by atoms with Crippen molar-refractivity contribution < 1.29 is 0 Å². The fourth-order valence-corrected chi connectivity index (χ4v) is 2.44. The maximum atomic E-state index is 7.16. The van der Waals surface area contributed by atoms with Gasteiger partial charge in [0, 0.05) is 18.8 Å². The standard InChI is InChI=1S/C13H12IN7/c1-16-11-6-8(2-3-10(11)19-15)9-4-5-21-12(9)7-17-13(18-14)20-21/h2-7,15-16H,1H3,(H,18,20). The molecule has 0 saturated carbocycles. The van der Waals surface area contributed by atoms with Crippen LogP contribution < -0.4 is 8.85 Å². The van der Waals surface area contributed by atoms with Crippen molar-refractivity contribution in [2.75, 3.05) is 15.9 Å². The molecule has 1 aromatic carbocycles. The van der Waals surface area contributed by atoms with E-state index in [1.54, 1.807) is 10.7 Å². The minimum atomic E-state index is 0.560. The van der Waals surface area contributed by atoms with Gasteiger partial charge in [0.2, 0.25) is 5.95 Å². The first kappa shape index (κ1) is 13.7. The summed E-state index contributed by atoms with van der Waals surface area (Å²) in [5.41, 5.74) is 11.6. The Kier molecular flexibility index (Phi) is 3.69. The number of aromatic nitrogens is 3. The summed E-state index contributed by atoms with van der Waals surface area (Å²) in [6, 6.07) is 7.72. The van der Waals surface area contributed by atoms with E-state index in [9.17, 15) is 0 Å². The van der Waals surface area contributed by atoms with Crippen LogP contribution in [0.4, 0.5) is 17.3 Å². The minimum Gasteiger partial charge on any atom is -0.386 e. The van der Waals surface area contributed by atoms with Gasteiger partial charge < -0.3 is 5.32 Å². The Balaban J connectivity index is 2.14. The van der Waals surface area contributed by atoms with Gasteiger partial charge in [0.1, 0.15) is 5.69 Å². The lowest BCUT2D eigenvalue weighted by molar-refractivity contribution is 0.919. The Morgan fingerprint density at radius 3 is 2.90 bits per heavy atom. The molecule has 0 radical (unpaired) electrons. The first-order valence-electron chi connectivity index (χ1n) is 6.17. The van der Waals surface area contributed by atoms with Gasteiger partial charge in [0.05, 0.1) is 40.3 Å². The molecule has 21 heavy (non-hydrogen) atoms. The Bertz CT molecular complexity index is 811. The lowest BCUT2D eigenvalue weighted by atomic mass is 10.1. The number of halogens is 1. The molecule has 7 nitrogen and oxygen atoms in total. The number of fused-ring (bicyclic) bond motifs is 1. The van der Waals surface area contributed by atoms with Crippen molar-refractivity contribution in [1.82, 2.24) is 14.6 Å². The van der Waals surface area contributed by atoms with Crippen LogP contribution in [0.3, 0.4) is 0 Å². The van der Waals surface area contributed by atoms with Crippen molar-refractivity contribution >= 4 is 45.7 Å². The van der Waals surface area contributed by atoms with Crippen molar-refractivity contribution in [3.63, 3.8) is 0 Å². The van der Waals surface area contributed by atoms with Gasteiger partial charge in [-0.05, 0) is 23.8 Å². The molecule has 0 fully saturated rings. The van der Waals surface area contributed by atoms with E-state index < -0.39 is 0 Å². The summed E-state index contributed by atoms with van der Waals surface area (Å²) in [5, 5.41) is 10.9. The summed E-state index contributed by atoms with van der Waals surface area (Å²) in [4.78, 5) is 4.25. The van der Waals surface area contributed by atoms with Crippen LogP contribution in [0, 0.1) is 5.53 Å². The molecule has 0 aliphatic carbocycles. The van der Waals surface area contributed by atoms with E-state index in [2.05, 4.69) is 24.0 Å². The minimum absolute atomic E-state index is 0.560. The third kappa shape index (κ3) is 2.42. The van der Waals surface area contributed by atoms with Crippen molar-refractivity contribution in [1.29, 1.82) is 5.53 Å².